The lowest BCUT2D eigenvalue weighted by molar-refractivity contribution is 0.0428. The van der Waals surface area contributed by atoms with Crippen molar-refractivity contribution in [2.45, 2.75) is 6.54 Å². The Balaban J connectivity index is 1.43. The fraction of sp³-hybridized carbons (Fsp3) is 0.550. The summed E-state index contributed by atoms with van der Waals surface area (Å²) in [4.78, 5) is 35.7. The highest BCUT2D eigenvalue weighted by molar-refractivity contribution is 5.81. The summed E-state index contributed by atoms with van der Waals surface area (Å²) >= 11 is 0. The van der Waals surface area contributed by atoms with Crippen LogP contribution in [0, 0.1) is 0 Å². The van der Waals surface area contributed by atoms with Crippen LogP contribution in [0.25, 0.3) is 10.9 Å². The van der Waals surface area contributed by atoms with E-state index in [1.807, 2.05) is 28.0 Å². The largest absolute Gasteiger partial charge is 0.383 e. The van der Waals surface area contributed by atoms with Crippen molar-refractivity contribution in [3.63, 3.8) is 0 Å². The summed E-state index contributed by atoms with van der Waals surface area (Å²) in [5.74, 6) is 0. The molecule has 0 radical (unpaired) electrons. The Morgan fingerprint density at radius 2 is 1.83 bits per heavy atom. The number of methoxy groups -OCH3 is 1. The minimum Gasteiger partial charge on any atom is -0.383 e. The molecule has 2 fully saturated rings. The molecule has 4 rings (SSSR count). The molecule has 2 aliphatic heterocycles. The second-order valence-electron chi connectivity index (χ2n) is 7.29. The summed E-state index contributed by atoms with van der Waals surface area (Å²) in [5.41, 5.74) is 1.66. The highest BCUT2D eigenvalue weighted by Gasteiger charge is 2.26. The summed E-state index contributed by atoms with van der Waals surface area (Å²) < 4.78 is 11.9. The summed E-state index contributed by atoms with van der Waals surface area (Å²) in [5, 5.41) is 0.605. The van der Waals surface area contributed by atoms with Gasteiger partial charge in [-0.05, 0) is 18.2 Å². The van der Waals surface area contributed by atoms with E-state index in [-0.39, 0.29) is 11.6 Å². The molecule has 9 nitrogen and oxygen atoms in total. The molecule has 2 aliphatic rings. The van der Waals surface area contributed by atoms with Crippen molar-refractivity contribution >= 4 is 22.6 Å². The van der Waals surface area contributed by atoms with Gasteiger partial charge in [-0.15, -0.1) is 0 Å². The molecule has 0 saturated carbocycles. The van der Waals surface area contributed by atoms with Gasteiger partial charge in [0, 0.05) is 52.1 Å². The standard InChI is InChI=1S/C20H27N5O4/c1-28-11-8-25-15-21-18-14-16(2-3-17(18)19(25)26)22-4-6-23(7-5-22)20(27)24-9-12-29-13-10-24/h2-3,14-15H,4-13H2,1H3. The van der Waals surface area contributed by atoms with Gasteiger partial charge in [-0.3, -0.25) is 9.36 Å². The quantitative estimate of drug-likeness (QED) is 0.747. The number of piperazine rings is 1. The predicted octanol–water partition coefficient (Wildman–Crippen LogP) is 0.617. The Labute approximate surface area is 169 Å². The molecule has 2 amide bonds. The molecule has 156 valence electrons. The zero-order chi connectivity index (χ0) is 20.2. The number of nitrogens with zero attached hydrogens (tertiary/aromatic N) is 5. The number of fused-ring (bicyclic) bond motifs is 1. The number of amides is 2. The molecule has 2 aromatic rings. The van der Waals surface area contributed by atoms with Crippen molar-refractivity contribution in [3.05, 3.63) is 34.9 Å². The number of aromatic nitrogens is 2. The monoisotopic (exact) mass is 401 g/mol. The SMILES string of the molecule is COCCn1cnc2cc(N3CCN(C(=O)N4CCOCC4)CC3)ccc2c1=O. The smallest absolute Gasteiger partial charge is 0.320 e. The van der Waals surface area contributed by atoms with Gasteiger partial charge in [0.05, 0.1) is 43.6 Å². The zero-order valence-corrected chi connectivity index (χ0v) is 16.7. The average molecular weight is 401 g/mol. The maximum absolute atomic E-state index is 12.6. The second-order valence-corrected chi connectivity index (χ2v) is 7.29. The first kappa shape index (κ1) is 19.7. The molecule has 3 heterocycles. The molecule has 0 atom stereocenters. The van der Waals surface area contributed by atoms with E-state index >= 15 is 0 Å². The number of urea groups is 1. The maximum Gasteiger partial charge on any atom is 0.320 e. The fourth-order valence-electron chi connectivity index (χ4n) is 3.80. The van der Waals surface area contributed by atoms with E-state index in [1.165, 1.54) is 0 Å². The lowest BCUT2D eigenvalue weighted by Crippen LogP contribution is -2.54. The number of carbonyl (C=O) groups is 1. The van der Waals surface area contributed by atoms with Crippen LogP contribution in [-0.2, 0) is 16.0 Å². The van der Waals surface area contributed by atoms with Gasteiger partial charge < -0.3 is 24.2 Å². The Morgan fingerprint density at radius 1 is 1.10 bits per heavy atom. The number of carbonyl (C=O) groups excluding carboxylic acids is 1. The third-order valence-corrected chi connectivity index (χ3v) is 5.54. The molecule has 9 heteroatoms. The van der Waals surface area contributed by atoms with Crippen molar-refractivity contribution in [2.75, 3.05) is 71.1 Å². The van der Waals surface area contributed by atoms with Gasteiger partial charge in [0.1, 0.15) is 0 Å². The van der Waals surface area contributed by atoms with E-state index in [4.69, 9.17) is 9.47 Å². The number of morpholine rings is 1. The van der Waals surface area contributed by atoms with E-state index < -0.39 is 0 Å². The molecule has 29 heavy (non-hydrogen) atoms. The van der Waals surface area contributed by atoms with Gasteiger partial charge in [0.25, 0.3) is 5.56 Å². The summed E-state index contributed by atoms with van der Waals surface area (Å²) in [6.45, 7) is 6.39. The second kappa shape index (κ2) is 8.79. The van der Waals surface area contributed by atoms with Crippen molar-refractivity contribution in [1.29, 1.82) is 0 Å². The molecule has 0 bridgehead atoms. The lowest BCUT2D eigenvalue weighted by atomic mass is 10.2. The molecule has 0 N–H and O–H groups in total. The topological polar surface area (TPSA) is 80.1 Å². The van der Waals surface area contributed by atoms with Crippen LogP contribution in [0.15, 0.2) is 29.3 Å². The van der Waals surface area contributed by atoms with Crippen molar-refractivity contribution in [1.82, 2.24) is 19.4 Å². The first-order valence-electron chi connectivity index (χ1n) is 10.0. The fourth-order valence-corrected chi connectivity index (χ4v) is 3.80. The molecular formula is C20H27N5O4. The van der Waals surface area contributed by atoms with Gasteiger partial charge in [-0.2, -0.15) is 0 Å². The molecule has 0 aliphatic carbocycles. The Hall–Kier alpha value is -2.65. The molecule has 1 aromatic carbocycles. The van der Waals surface area contributed by atoms with E-state index in [0.717, 1.165) is 18.8 Å². The molecule has 2 saturated heterocycles. The van der Waals surface area contributed by atoms with E-state index in [9.17, 15) is 9.59 Å². The number of rotatable bonds is 4. The summed E-state index contributed by atoms with van der Waals surface area (Å²) in [6.07, 6.45) is 1.58. The first-order valence-corrected chi connectivity index (χ1v) is 10.0. The van der Waals surface area contributed by atoms with Crippen LogP contribution in [0.1, 0.15) is 0 Å². The first-order chi connectivity index (χ1) is 14.2. The maximum atomic E-state index is 12.6. The normalized spacial score (nSPS) is 17.8. The van der Waals surface area contributed by atoms with Gasteiger partial charge in [0.15, 0.2) is 0 Å². The van der Waals surface area contributed by atoms with Crippen LogP contribution in [0.3, 0.4) is 0 Å². The van der Waals surface area contributed by atoms with E-state index in [2.05, 4.69) is 9.88 Å². The van der Waals surface area contributed by atoms with Gasteiger partial charge in [0.2, 0.25) is 0 Å². The zero-order valence-electron chi connectivity index (χ0n) is 16.7. The number of ether oxygens (including phenoxy) is 2. The number of hydrogen-bond acceptors (Lipinski definition) is 6. The molecule has 0 spiro atoms. The van der Waals surface area contributed by atoms with Crippen LogP contribution in [0.5, 0.6) is 0 Å². The summed E-state index contributed by atoms with van der Waals surface area (Å²) in [7, 11) is 1.61. The number of hydrogen-bond donors (Lipinski definition) is 0. The summed E-state index contributed by atoms with van der Waals surface area (Å²) in [6, 6.07) is 5.86. The third kappa shape index (κ3) is 4.20. The molecule has 1 aromatic heterocycles. The van der Waals surface area contributed by atoms with Gasteiger partial charge in [-0.25, -0.2) is 9.78 Å². The Bertz CT molecular complexity index is 917. The van der Waals surface area contributed by atoms with Crippen molar-refractivity contribution in [2.24, 2.45) is 0 Å². The van der Waals surface area contributed by atoms with E-state index in [1.54, 1.807) is 18.0 Å². The van der Waals surface area contributed by atoms with Crippen LogP contribution < -0.4 is 10.5 Å². The van der Waals surface area contributed by atoms with E-state index in [0.29, 0.717) is 63.4 Å². The minimum atomic E-state index is -0.0560. The highest BCUT2D eigenvalue weighted by Crippen LogP contribution is 2.21. The van der Waals surface area contributed by atoms with Crippen LogP contribution in [0.2, 0.25) is 0 Å². The Morgan fingerprint density at radius 3 is 2.55 bits per heavy atom. The Kier molecular flexibility index (Phi) is 5.96. The van der Waals surface area contributed by atoms with Crippen molar-refractivity contribution < 1.29 is 14.3 Å². The van der Waals surface area contributed by atoms with Crippen LogP contribution in [0.4, 0.5) is 10.5 Å². The van der Waals surface area contributed by atoms with Gasteiger partial charge in [-0.1, -0.05) is 0 Å². The highest BCUT2D eigenvalue weighted by atomic mass is 16.5. The van der Waals surface area contributed by atoms with Crippen molar-refractivity contribution in [3.8, 4) is 0 Å². The number of benzene rings is 1. The lowest BCUT2D eigenvalue weighted by Gasteiger charge is -2.39. The van der Waals surface area contributed by atoms with Gasteiger partial charge >= 0.3 is 6.03 Å². The van der Waals surface area contributed by atoms with Crippen LogP contribution >= 0.6 is 0 Å². The minimum absolute atomic E-state index is 0.0560. The average Bonchev–Trinajstić information content (AvgIpc) is 2.78. The molecular weight excluding hydrogens is 374 g/mol. The predicted molar refractivity (Wildman–Crippen MR) is 109 cm³/mol. The molecule has 0 unspecified atom stereocenters. The third-order valence-electron chi connectivity index (χ3n) is 5.54. The number of anilines is 1. The van der Waals surface area contributed by atoms with Crippen LogP contribution in [-0.4, -0.2) is 91.6 Å².